The third-order valence-corrected chi connectivity index (χ3v) is 3.45. The molecule has 20 heavy (non-hydrogen) atoms. The van der Waals surface area contributed by atoms with Gasteiger partial charge in [0.15, 0.2) is 0 Å². The van der Waals surface area contributed by atoms with E-state index >= 15 is 0 Å². The molecule has 0 radical (unpaired) electrons. The summed E-state index contributed by atoms with van der Waals surface area (Å²) in [5.41, 5.74) is -0.660. The highest BCUT2D eigenvalue weighted by atomic mass is 16.6. The van der Waals surface area contributed by atoms with Gasteiger partial charge in [-0.3, -0.25) is 0 Å². The number of carbonyl (C=O) groups is 3. The average molecular weight is 287 g/mol. The van der Waals surface area contributed by atoms with Gasteiger partial charge in [0.1, 0.15) is 18.2 Å². The number of quaternary nitrogens is 1. The highest BCUT2D eigenvalue weighted by Crippen LogP contribution is 2.27. The van der Waals surface area contributed by atoms with E-state index in [2.05, 4.69) is 5.32 Å². The van der Waals surface area contributed by atoms with Crippen molar-refractivity contribution in [1.82, 2.24) is 5.32 Å². The number of alkyl carbamates (subject to hydrolysis) is 1. The van der Waals surface area contributed by atoms with E-state index in [0.29, 0.717) is 12.8 Å². The van der Waals surface area contributed by atoms with Gasteiger partial charge in [-0.2, -0.15) is 9.28 Å². The number of nitrogens with one attached hydrogen (secondary N) is 1. The van der Waals surface area contributed by atoms with E-state index in [4.69, 9.17) is 4.74 Å². The Kier molecular flexibility index (Phi) is 4.75. The molecule has 2 atom stereocenters. The Morgan fingerprint density at radius 2 is 1.95 bits per heavy atom. The lowest BCUT2D eigenvalue weighted by Gasteiger charge is -2.29. The molecule has 3 amide bonds. The maximum absolute atomic E-state index is 12.2. The number of carbonyl (C=O) groups excluding carboxylic acids is 2. The molecule has 0 spiro atoms. The number of imide groups is 1. The number of nitrogens with zero attached hydrogens (tertiary/aromatic N) is 1. The lowest BCUT2D eigenvalue weighted by molar-refractivity contribution is -0.791. The maximum atomic E-state index is 12.2. The van der Waals surface area contributed by atoms with Crippen LogP contribution in [0.15, 0.2) is 0 Å². The van der Waals surface area contributed by atoms with Crippen LogP contribution >= 0.6 is 0 Å². The van der Waals surface area contributed by atoms with Crippen molar-refractivity contribution in [3.05, 3.63) is 0 Å². The van der Waals surface area contributed by atoms with Crippen molar-refractivity contribution in [3.8, 4) is 0 Å². The first-order valence-corrected chi connectivity index (χ1v) is 6.71. The molecule has 0 bridgehead atoms. The summed E-state index contributed by atoms with van der Waals surface area (Å²) >= 11 is 0. The molecule has 0 aromatic heterocycles. The molecule has 1 aliphatic heterocycles. The van der Waals surface area contributed by atoms with Gasteiger partial charge < -0.3 is 15.2 Å². The van der Waals surface area contributed by atoms with Gasteiger partial charge >= 0.3 is 18.1 Å². The van der Waals surface area contributed by atoms with Gasteiger partial charge in [0.2, 0.25) is 0 Å². The van der Waals surface area contributed by atoms with E-state index in [1.165, 1.54) is 0 Å². The van der Waals surface area contributed by atoms with E-state index in [-0.39, 0.29) is 19.1 Å². The molecular formula is C13H23N2O5+. The van der Waals surface area contributed by atoms with Crippen LogP contribution in [-0.2, 0) is 9.53 Å². The Morgan fingerprint density at radius 1 is 1.35 bits per heavy atom. The number of carboxylic acid groups (broad SMARTS) is 1. The predicted molar refractivity (Wildman–Crippen MR) is 71.1 cm³/mol. The molecule has 2 N–H and O–H groups in total. The SMILES string of the molecule is C[C@@H]1CCC[N+]1(C(=O)O)C(=O)CNC(=O)OC(C)(C)C. The first-order valence-electron chi connectivity index (χ1n) is 6.71. The molecule has 7 nitrogen and oxygen atoms in total. The standard InChI is InChI=1S/C13H22N2O5/c1-9-6-5-7-15(9,12(18)19)10(16)8-14-11(17)20-13(2,3)4/h9H,5-8H2,1-4H3,(H-,14,17,18,19)/p+1/t9-,15?/m1/s1. The average Bonchev–Trinajstić information content (AvgIpc) is 2.66. The highest BCUT2D eigenvalue weighted by molar-refractivity contribution is 5.84. The minimum atomic E-state index is -1.16. The summed E-state index contributed by atoms with van der Waals surface area (Å²) in [6.45, 7) is 6.80. The predicted octanol–water partition coefficient (Wildman–Crippen LogP) is 1.71. The number of hydrogen-bond donors (Lipinski definition) is 2. The van der Waals surface area contributed by atoms with Crippen molar-refractivity contribution >= 4 is 18.1 Å². The van der Waals surface area contributed by atoms with Crippen LogP contribution in [0.3, 0.4) is 0 Å². The normalized spacial score (nSPS) is 26.1. The largest absolute Gasteiger partial charge is 0.521 e. The lowest BCUT2D eigenvalue weighted by Crippen LogP contribution is -2.61. The van der Waals surface area contributed by atoms with Gasteiger partial charge in [-0.15, -0.1) is 0 Å². The zero-order valence-electron chi connectivity index (χ0n) is 12.4. The monoisotopic (exact) mass is 287 g/mol. The molecule has 1 rings (SSSR count). The van der Waals surface area contributed by atoms with Crippen molar-refractivity contribution in [3.63, 3.8) is 0 Å². The summed E-state index contributed by atoms with van der Waals surface area (Å²) in [4.78, 5) is 35.2. The van der Waals surface area contributed by atoms with Gasteiger partial charge in [-0.05, 0) is 27.7 Å². The second-order valence-corrected chi connectivity index (χ2v) is 6.12. The zero-order chi connectivity index (χ0) is 15.6. The fourth-order valence-electron chi connectivity index (χ4n) is 2.44. The molecule has 0 aromatic rings. The Labute approximate surface area is 118 Å². The van der Waals surface area contributed by atoms with Crippen molar-refractivity contribution < 1.29 is 28.7 Å². The maximum Gasteiger partial charge on any atom is 0.521 e. The van der Waals surface area contributed by atoms with E-state index in [1.54, 1.807) is 27.7 Å². The molecule has 1 aliphatic rings. The second kappa shape index (κ2) is 5.78. The molecule has 0 aromatic carbocycles. The molecule has 1 heterocycles. The van der Waals surface area contributed by atoms with Crippen LogP contribution < -0.4 is 5.32 Å². The van der Waals surface area contributed by atoms with Crippen LogP contribution in [0.5, 0.6) is 0 Å². The third kappa shape index (κ3) is 3.47. The number of ether oxygens (including phenoxy) is 1. The summed E-state index contributed by atoms with van der Waals surface area (Å²) in [6, 6.07) is -0.277. The van der Waals surface area contributed by atoms with Crippen molar-refractivity contribution in [2.45, 2.75) is 52.2 Å². The number of hydrogen-bond acceptors (Lipinski definition) is 4. The molecule has 1 unspecified atom stereocenters. The van der Waals surface area contributed by atoms with E-state index in [0.717, 1.165) is 0 Å². The molecular weight excluding hydrogens is 264 g/mol. The summed E-state index contributed by atoms with van der Waals surface area (Å²) < 4.78 is 4.40. The molecule has 0 saturated carbocycles. The molecule has 0 aliphatic carbocycles. The number of likely N-dealkylation sites (tertiary alicyclic amines) is 1. The summed E-state index contributed by atoms with van der Waals surface area (Å²) in [5, 5.41) is 11.7. The van der Waals surface area contributed by atoms with Crippen molar-refractivity contribution in [2.75, 3.05) is 13.1 Å². The Hall–Kier alpha value is -1.63. The van der Waals surface area contributed by atoms with Crippen molar-refractivity contribution in [1.29, 1.82) is 0 Å². The first-order chi connectivity index (χ1) is 9.09. The zero-order valence-corrected chi connectivity index (χ0v) is 12.4. The molecule has 1 saturated heterocycles. The van der Waals surface area contributed by atoms with E-state index in [1.807, 2.05) is 0 Å². The fourth-order valence-corrected chi connectivity index (χ4v) is 2.44. The van der Waals surface area contributed by atoms with Gasteiger partial charge in [0.25, 0.3) is 0 Å². The number of amides is 3. The molecule has 1 fully saturated rings. The van der Waals surface area contributed by atoms with Gasteiger partial charge in [0, 0.05) is 12.8 Å². The Bertz CT molecular complexity index is 415. The van der Waals surface area contributed by atoms with Crippen LogP contribution in [0.4, 0.5) is 9.59 Å². The summed E-state index contributed by atoms with van der Waals surface area (Å²) in [7, 11) is 0. The third-order valence-electron chi connectivity index (χ3n) is 3.45. The van der Waals surface area contributed by atoms with E-state index in [9.17, 15) is 19.5 Å². The number of rotatable bonds is 2. The molecule has 114 valence electrons. The first kappa shape index (κ1) is 16.4. The summed E-state index contributed by atoms with van der Waals surface area (Å²) in [5.74, 6) is -0.520. The smallest absolute Gasteiger partial charge is 0.444 e. The van der Waals surface area contributed by atoms with Gasteiger partial charge in [-0.25, -0.2) is 9.59 Å². The summed E-state index contributed by atoms with van der Waals surface area (Å²) in [6.07, 6.45) is -0.511. The van der Waals surface area contributed by atoms with Crippen LogP contribution in [0.25, 0.3) is 0 Å². The van der Waals surface area contributed by atoms with Crippen LogP contribution in [0.2, 0.25) is 0 Å². The van der Waals surface area contributed by atoms with E-state index < -0.39 is 28.2 Å². The van der Waals surface area contributed by atoms with Gasteiger partial charge in [0.05, 0.1) is 6.54 Å². The van der Waals surface area contributed by atoms with Crippen LogP contribution in [0.1, 0.15) is 40.5 Å². The van der Waals surface area contributed by atoms with Gasteiger partial charge in [-0.1, -0.05) is 0 Å². The Balaban J connectivity index is 2.66. The van der Waals surface area contributed by atoms with Crippen LogP contribution in [-0.4, -0.2) is 52.4 Å². The minimum Gasteiger partial charge on any atom is -0.444 e. The quantitative estimate of drug-likeness (QED) is 0.754. The topological polar surface area (TPSA) is 92.7 Å². The highest BCUT2D eigenvalue weighted by Gasteiger charge is 2.52. The molecule has 7 heteroatoms. The van der Waals surface area contributed by atoms with Crippen molar-refractivity contribution in [2.24, 2.45) is 0 Å². The minimum absolute atomic E-state index is 0.269. The Morgan fingerprint density at radius 3 is 2.35 bits per heavy atom. The lowest BCUT2D eigenvalue weighted by atomic mass is 10.2. The fraction of sp³-hybridized carbons (Fsp3) is 0.769. The van der Waals surface area contributed by atoms with Crippen LogP contribution in [0, 0.1) is 0 Å². The second-order valence-electron chi connectivity index (χ2n) is 6.12.